The maximum atomic E-state index is 12.0. The zero-order valence-corrected chi connectivity index (χ0v) is 13.0. The van der Waals surface area contributed by atoms with E-state index in [1.54, 1.807) is 30.3 Å². The Bertz CT molecular complexity index is 682. The summed E-state index contributed by atoms with van der Waals surface area (Å²) >= 11 is 0. The van der Waals surface area contributed by atoms with E-state index in [2.05, 4.69) is 13.8 Å². The molecule has 2 aromatic carbocycles. The van der Waals surface area contributed by atoms with E-state index in [0.29, 0.717) is 5.75 Å². The van der Waals surface area contributed by atoms with Crippen LogP contribution >= 0.6 is 0 Å². The minimum absolute atomic E-state index is 0.195. The number of esters is 1. The molecule has 0 aliphatic heterocycles. The van der Waals surface area contributed by atoms with Crippen molar-refractivity contribution in [3.8, 4) is 11.5 Å². The molecule has 0 saturated carbocycles. The van der Waals surface area contributed by atoms with Crippen LogP contribution in [0.1, 0.15) is 36.5 Å². The number of phenolic OH excluding ortho intramolecular Hbond substituents is 1. The fourth-order valence-corrected chi connectivity index (χ4v) is 2.10. The first-order chi connectivity index (χ1) is 10.5. The van der Waals surface area contributed by atoms with Gasteiger partial charge in [0.05, 0.1) is 0 Å². The number of hydrogen-bond donors (Lipinski definition) is 1. The smallest absolute Gasteiger partial charge is 0.336 e. The molecule has 2 aromatic rings. The highest BCUT2D eigenvalue weighted by Crippen LogP contribution is 2.27. The quantitative estimate of drug-likeness (QED) is 0.515. The number of rotatable bonds is 4. The van der Waals surface area contributed by atoms with Crippen molar-refractivity contribution in [3.63, 3.8) is 0 Å². The molecule has 0 aromatic heterocycles. The predicted octanol–water partition coefficient (Wildman–Crippen LogP) is 4.44. The van der Waals surface area contributed by atoms with Gasteiger partial charge in [0.15, 0.2) is 0 Å². The number of aryl methyl sites for hydroxylation is 1. The molecule has 3 nitrogen and oxygen atoms in total. The van der Waals surface area contributed by atoms with Gasteiger partial charge in [0.1, 0.15) is 11.5 Å². The van der Waals surface area contributed by atoms with Gasteiger partial charge in [0, 0.05) is 6.08 Å². The summed E-state index contributed by atoms with van der Waals surface area (Å²) in [5.74, 6) is 0.668. The molecule has 0 unspecified atom stereocenters. The van der Waals surface area contributed by atoms with Crippen LogP contribution in [0.3, 0.4) is 0 Å². The van der Waals surface area contributed by atoms with Crippen molar-refractivity contribution in [3.05, 3.63) is 65.2 Å². The molecule has 0 aliphatic rings. The second kappa shape index (κ2) is 6.94. The van der Waals surface area contributed by atoms with Crippen molar-refractivity contribution in [1.82, 2.24) is 0 Å². The summed E-state index contributed by atoms with van der Waals surface area (Å²) < 4.78 is 5.46. The Labute approximate surface area is 130 Å². The molecule has 0 spiro atoms. The van der Waals surface area contributed by atoms with E-state index in [-0.39, 0.29) is 11.7 Å². The van der Waals surface area contributed by atoms with E-state index in [9.17, 15) is 9.90 Å². The molecule has 22 heavy (non-hydrogen) atoms. The zero-order chi connectivity index (χ0) is 16.1. The molecule has 0 heterocycles. The van der Waals surface area contributed by atoms with Crippen molar-refractivity contribution in [2.24, 2.45) is 0 Å². The molecule has 2 rings (SSSR count). The van der Waals surface area contributed by atoms with Gasteiger partial charge in [0.25, 0.3) is 0 Å². The summed E-state index contributed by atoms with van der Waals surface area (Å²) in [5.41, 5.74) is 2.88. The number of aromatic hydroxyl groups is 1. The van der Waals surface area contributed by atoms with E-state index in [0.717, 1.165) is 16.7 Å². The van der Waals surface area contributed by atoms with Gasteiger partial charge >= 0.3 is 5.97 Å². The van der Waals surface area contributed by atoms with Crippen molar-refractivity contribution >= 4 is 12.0 Å². The molecule has 3 heteroatoms. The standard InChI is InChI=1S/C19H20O3/c1-13(2)17-10-4-14(3)12-18(17)22-19(21)11-7-15-5-8-16(20)9-6-15/h4-13,20H,1-3H3/b11-7+. The van der Waals surface area contributed by atoms with Crippen LogP contribution in [0.4, 0.5) is 0 Å². The Kier molecular flexibility index (Phi) is 4.99. The number of phenols is 1. The average Bonchev–Trinajstić information content (AvgIpc) is 2.46. The third kappa shape index (κ3) is 4.22. The number of carbonyl (C=O) groups is 1. The van der Waals surface area contributed by atoms with Gasteiger partial charge in [-0.2, -0.15) is 0 Å². The highest BCUT2D eigenvalue weighted by atomic mass is 16.5. The first-order valence-corrected chi connectivity index (χ1v) is 7.25. The van der Waals surface area contributed by atoms with Crippen LogP contribution < -0.4 is 4.74 Å². The molecule has 0 bridgehead atoms. The van der Waals surface area contributed by atoms with E-state index >= 15 is 0 Å². The minimum atomic E-state index is -0.416. The number of benzene rings is 2. The molecule has 0 radical (unpaired) electrons. The van der Waals surface area contributed by atoms with Crippen molar-refractivity contribution in [2.75, 3.05) is 0 Å². The summed E-state index contributed by atoms with van der Waals surface area (Å²) in [6.45, 7) is 6.09. The minimum Gasteiger partial charge on any atom is -0.508 e. The Morgan fingerprint density at radius 1 is 1.14 bits per heavy atom. The van der Waals surface area contributed by atoms with Crippen LogP contribution in [0.5, 0.6) is 11.5 Å². The van der Waals surface area contributed by atoms with Crippen LogP contribution in [-0.2, 0) is 4.79 Å². The third-order valence-corrected chi connectivity index (χ3v) is 3.31. The maximum absolute atomic E-state index is 12.0. The van der Waals surface area contributed by atoms with E-state index in [4.69, 9.17) is 4.74 Å². The van der Waals surface area contributed by atoms with Crippen LogP contribution in [0, 0.1) is 6.92 Å². The second-order valence-electron chi connectivity index (χ2n) is 5.54. The monoisotopic (exact) mass is 296 g/mol. The number of carbonyl (C=O) groups excluding carboxylic acids is 1. The lowest BCUT2D eigenvalue weighted by molar-refractivity contribution is -0.128. The van der Waals surface area contributed by atoms with Gasteiger partial charge in [-0.3, -0.25) is 0 Å². The maximum Gasteiger partial charge on any atom is 0.336 e. The Balaban J connectivity index is 2.12. The van der Waals surface area contributed by atoms with Gasteiger partial charge in [-0.15, -0.1) is 0 Å². The third-order valence-electron chi connectivity index (χ3n) is 3.31. The van der Waals surface area contributed by atoms with Gasteiger partial charge in [-0.25, -0.2) is 4.79 Å². The SMILES string of the molecule is Cc1ccc(C(C)C)c(OC(=O)/C=C/c2ccc(O)cc2)c1. The van der Waals surface area contributed by atoms with E-state index < -0.39 is 5.97 Å². The lowest BCUT2D eigenvalue weighted by Gasteiger charge is -2.12. The van der Waals surface area contributed by atoms with Crippen molar-refractivity contribution < 1.29 is 14.6 Å². The molecular weight excluding hydrogens is 276 g/mol. The summed E-state index contributed by atoms with van der Waals surface area (Å²) in [4.78, 5) is 12.0. The lowest BCUT2D eigenvalue weighted by atomic mass is 10.0. The topological polar surface area (TPSA) is 46.5 Å². The Morgan fingerprint density at radius 2 is 1.82 bits per heavy atom. The highest BCUT2D eigenvalue weighted by Gasteiger charge is 2.10. The Hall–Kier alpha value is -2.55. The van der Waals surface area contributed by atoms with Gasteiger partial charge in [0.2, 0.25) is 0 Å². The number of hydrogen-bond acceptors (Lipinski definition) is 3. The van der Waals surface area contributed by atoms with E-state index in [1.807, 2.05) is 25.1 Å². The molecule has 0 aliphatic carbocycles. The first kappa shape index (κ1) is 15.8. The Morgan fingerprint density at radius 3 is 2.45 bits per heavy atom. The summed E-state index contributed by atoms with van der Waals surface area (Å²) in [6.07, 6.45) is 3.05. The largest absolute Gasteiger partial charge is 0.508 e. The molecule has 114 valence electrons. The van der Waals surface area contributed by atoms with Crippen LogP contribution in [0.15, 0.2) is 48.5 Å². The fourth-order valence-electron chi connectivity index (χ4n) is 2.10. The first-order valence-electron chi connectivity index (χ1n) is 7.25. The fraction of sp³-hybridized carbons (Fsp3) is 0.211. The summed E-state index contributed by atoms with van der Waals surface area (Å²) in [7, 11) is 0. The van der Waals surface area contributed by atoms with Crippen LogP contribution in [-0.4, -0.2) is 11.1 Å². The highest BCUT2D eigenvalue weighted by molar-refractivity contribution is 5.88. The van der Waals surface area contributed by atoms with Gasteiger partial charge < -0.3 is 9.84 Å². The van der Waals surface area contributed by atoms with Crippen LogP contribution in [0.2, 0.25) is 0 Å². The normalized spacial score (nSPS) is 11.1. The molecular formula is C19H20O3. The molecule has 0 amide bonds. The zero-order valence-electron chi connectivity index (χ0n) is 13.0. The molecule has 0 fully saturated rings. The lowest BCUT2D eigenvalue weighted by Crippen LogP contribution is -2.06. The predicted molar refractivity (Wildman–Crippen MR) is 88.0 cm³/mol. The summed E-state index contributed by atoms with van der Waals surface area (Å²) in [6, 6.07) is 12.5. The van der Waals surface area contributed by atoms with Gasteiger partial charge in [-0.1, -0.05) is 38.1 Å². The van der Waals surface area contributed by atoms with Gasteiger partial charge in [-0.05, 0) is 53.8 Å². The molecule has 0 saturated heterocycles. The molecule has 1 N–H and O–H groups in total. The number of ether oxygens (including phenoxy) is 1. The summed E-state index contributed by atoms with van der Waals surface area (Å²) in [5, 5.41) is 9.22. The van der Waals surface area contributed by atoms with Crippen molar-refractivity contribution in [2.45, 2.75) is 26.7 Å². The second-order valence-corrected chi connectivity index (χ2v) is 5.54. The molecule has 0 atom stereocenters. The van der Waals surface area contributed by atoms with E-state index in [1.165, 1.54) is 6.08 Å². The van der Waals surface area contributed by atoms with Crippen LogP contribution in [0.25, 0.3) is 6.08 Å². The average molecular weight is 296 g/mol. The van der Waals surface area contributed by atoms with Crippen molar-refractivity contribution in [1.29, 1.82) is 0 Å².